The van der Waals surface area contributed by atoms with Gasteiger partial charge in [-0.05, 0) is 56.6 Å². The summed E-state index contributed by atoms with van der Waals surface area (Å²) < 4.78 is 0. The summed E-state index contributed by atoms with van der Waals surface area (Å²) in [5.41, 5.74) is 12.9. The summed E-state index contributed by atoms with van der Waals surface area (Å²) in [5, 5.41) is 0. The molecule has 2 aromatic heterocycles. The predicted octanol–water partition coefficient (Wildman–Crippen LogP) is 9.84. The zero-order valence-electron chi connectivity index (χ0n) is 26.6. The number of nitrogens with zero attached hydrogens (tertiary/aromatic N) is 4. The van der Waals surface area contributed by atoms with E-state index in [0.717, 1.165) is 22.3 Å². The Labute approximate surface area is 285 Å². The molecule has 3 unspecified atom stereocenters. The van der Waals surface area contributed by atoms with Crippen LogP contribution in [0.4, 0.5) is 0 Å². The topological polar surface area (TPSA) is 51.6 Å². The van der Waals surface area contributed by atoms with Gasteiger partial charge in [0.1, 0.15) is 0 Å². The molecule has 7 aromatic rings. The highest BCUT2D eigenvalue weighted by Gasteiger charge is 2.57. The summed E-state index contributed by atoms with van der Waals surface area (Å²) in [5.74, 6) is 2.38. The average Bonchev–Trinajstić information content (AvgIpc) is 3.70. The van der Waals surface area contributed by atoms with Gasteiger partial charge < -0.3 is 0 Å². The number of rotatable bonds is 5. The molecule has 4 aliphatic carbocycles. The Balaban J connectivity index is 1.16. The molecule has 3 atom stereocenters. The maximum absolute atomic E-state index is 5.14. The van der Waals surface area contributed by atoms with Gasteiger partial charge in [0, 0.05) is 40.9 Å². The van der Waals surface area contributed by atoms with Crippen LogP contribution in [0.25, 0.3) is 45.3 Å². The van der Waals surface area contributed by atoms with Crippen LogP contribution in [0.1, 0.15) is 33.7 Å². The van der Waals surface area contributed by atoms with E-state index in [2.05, 4.69) is 145 Å². The molecule has 0 saturated heterocycles. The monoisotopic (exact) mass is 626 g/mol. The molecule has 0 amide bonds. The van der Waals surface area contributed by atoms with Gasteiger partial charge in [-0.25, -0.2) is 15.0 Å². The summed E-state index contributed by atoms with van der Waals surface area (Å²) in [6, 6.07) is 49.2. The molecular formula is C45H30N4. The van der Waals surface area contributed by atoms with E-state index >= 15 is 0 Å². The van der Waals surface area contributed by atoms with Gasteiger partial charge in [0.2, 0.25) is 0 Å². The van der Waals surface area contributed by atoms with Crippen LogP contribution in [-0.4, -0.2) is 19.9 Å². The lowest BCUT2D eigenvalue weighted by Gasteiger charge is -2.54. The number of aromatic nitrogens is 4. The lowest BCUT2D eigenvalue weighted by Crippen LogP contribution is -2.48. The second-order valence-electron chi connectivity index (χ2n) is 13.0. The van der Waals surface area contributed by atoms with Crippen molar-refractivity contribution in [2.24, 2.45) is 5.92 Å². The molecule has 5 aromatic carbocycles. The number of hydrogen-bond donors (Lipinski definition) is 0. The number of benzene rings is 5. The Morgan fingerprint density at radius 2 is 1.08 bits per heavy atom. The normalized spacial score (nSPS) is 19.6. The van der Waals surface area contributed by atoms with Crippen molar-refractivity contribution >= 4 is 0 Å². The minimum absolute atomic E-state index is 0.158. The highest BCUT2D eigenvalue weighted by Crippen LogP contribution is 2.65. The molecular weight excluding hydrogens is 597 g/mol. The van der Waals surface area contributed by atoms with E-state index in [9.17, 15) is 0 Å². The van der Waals surface area contributed by atoms with Crippen LogP contribution in [0, 0.1) is 5.92 Å². The third kappa shape index (κ3) is 4.17. The van der Waals surface area contributed by atoms with Gasteiger partial charge in [-0.2, -0.15) is 0 Å². The summed E-state index contributed by atoms with van der Waals surface area (Å²) in [7, 11) is 0. The predicted molar refractivity (Wildman–Crippen MR) is 195 cm³/mol. The van der Waals surface area contributed by atoms with E-state index in [-0.39, 0.29) is 17.3 Å². The maximum atomic E-state index is 5.14. The Morgan fingerprint density at radius 3 is 1.82 bits per heavy atom. The molecule has 4 nitrogen and oxygen atoms in total. The van der Waals surface area contributed by atoms with E-state index in [1.165, 1.54) is 39.0 Å². The first-order valence-corrected chi connectivity index (χ1v) is 16.8. The summed E-state index contributed by atoms with van der Waals surface area (Å²) >= 11 is 0. The fraction of sp³-hybridized carbons (Fsp3) is 0.0667. The SMILES string of the molecule is C1=CC2C(=C1)C1c3ccccc3C2(c2cccnc2)c2ccc(-c3nc(-c4ccccc4)nc(-c4ccc(-c5ccccc5)cc4)n3)cc21. The molecule has 0 spiro atoms. The molecule has 0 radical (unpaired) electrons. The van der Waals surface area contributed by atoms with Crippen LogP contribution in [0.2, 0.25) is 0 Å². The van der Waals surface area contributed by atoms with Crippen molar-refractivity contribution in [1.29, 1.82) is 0 Å². The molecule has 0 saturated carbocycles. The molecule has 0 aliphatic heterocycles. The molecule has 0 fully saturated rings. The second kappa shape index (κ2) is 10.9. The standard InChI is InChI=1S/C45H30N4/c1-3-11-29(12-4-1)30-20-22-32(23-21-30)43-47-42(31-13-5-2-6-14-31)48-44(49-43)33-24-25-40-37(27-33)41-35-16-7-8-18-38(35)45(40,34-15-10-26-46-28-34)39-19-9-17-36(39)41/h1-28,39,41H. The van der Waals surface area contributed by atoms with Crippen LogP contribution in [-0.2, 0) is 5.41 Å². The zero-order chi connectivity index (χ0) is 32.4. The highest BCUT2D eigenvalue weighted by atomic mass is 15.0. The quantitative estimate of drug-likeness (QED) is 0.191. The van der Waals surface area contributed by atoms with E-state index in [4.69, 9.17) is 15.0 Å². The molecule has 49 heavy (non-hydrogen) atoms. The largest absolute Gasteiger partial charge is 0.264 e. The molecule has 2 heterocycles. The van der Waals surface area contributed by atoms with Crippen molar-refractivity contribution in [1.82, 2.24) is 19.9 Å². The molecule has 0 N–H and O–H groups in total. The molecule has 11 rings (SSSR count). The van der Waals surface area contributed by atoms with Gasteiger partial charge in [-0.15, -0.1) is 0 Å². The van der Waals surface area contributed by atoms with Crippen molar-refractivity contribution in [2.75, 3.05) is 0 Å². The first-order chi connectivity index (χ1) is 24.3. The van der Waals surface area contributed by atoms with Crippen molar-refractivity contribution < 1.29 is 0 Å². The van der Waals surface area contributed by atoms with E-state index in [1.807, 2.05) is 30.5 Å². The molecule has 4 heteroatoms. The van der Waals surface area contributed by atoms with Crippen molar-refractivity contribution in [3.63, 3.8) is 0 Å². The third-order valence-corrected chi connectivity index (χ3v) is 10.5. The van der Waals surface area contributed by atoms with Crippen molar-refractivity contribution in [3.05, 3.63) is 204 Å². The number of allylic oxidation sites excluding steroid dienone is 4. The number of pyridine rings is 1. The Morgan fingerprint density at radius 1 is 0.490 bits per heavy atom. The lowest BCUT2D eigenvalue weighted by molar-refractivity contribution is 0.428. The Kier molecular flexibility index (Phi) is 6.18. The summed E-state index contributed by atoms with van der Waals surface area (Å²) in [6.07, 6.45) is 10.9. The number of hydrogen-bond acceptors (Lipinski definition) is 4. The molecule has 230 valence electrons. The fourth-order valence-corrected chi connectivity index (χ4v) is 8.46. The van der Waals surface area contributed by atoms with Crippen LogP contribution < -0.4 is 0 Å². The summed E-state index contributed by atoms with van der Waals surface area (Å²) in [6.45, 7) is 0. The molecule has 4 aliphatic rings. The van der Waals surface area contributed by atoms with Crippen LogP contribution in [0.5, 0.6) is 0 Å². The van der Waals surface area contributed by atoms with Crippen molar-refractivity contribution in [3.8, 4) is 45.3 Å². The molecule has 2 bridgehead atoms. The van der Waals surface area contributed by atoms with Gasteiger partial charge in [0.25, 0.3) is 0 Å². The Bertz CT molecular complexity index is 2430. The van der Waals surface area contributed by atoms with Gasteiger partial charge in [-0.3, -0.25) is 4.98 Å². The highest BCUT2D eigenvalue weighted by molar-refractivity contribution is 5.76. The smallest absolute Gasteiger partial charge is 0.164 e. The van der Waals surface area contributed by atoms with Crippen LogP contribution in [0.15, 0.2) is 176 Å². The first-order valence-electron chi connectivity index (χ1n) is 16.8. The van der Waals surface area contributed by atoms with E-state index < -0.39 is 0 Å². The zero-order valence-corrected chi connectivity index (χ0v) is 26.6. The summed E-state index contributed by atoms with van der Waals surface area (Å²) in [4.78, 5) is 19.9. The van der Waals surface area contributed by atoms with Gasteiger partial charge >= 0.3 is 0 Å². The lowest BCUT2D eigenvalue weighted by atomic mass is 9.47. The van der Waals surface area contributed by atoms with Crippen LogP contribution in [0.3, 0.4) is 0 Å². The maximum Gasteiger partial charge on any atom is 0.164 e. The second-order valence-corrected chi connectivity index (χ2v) is 13.0. The Hall–Kier alpha value is -6.26. The minimum Gasteiger partial charge on any atom is -0.264 e. The van der Waals surface area contributed by atoms with Crippen molar-refractivity contribution in [2.45, 2.75) is 11.3 Å². The average molecular weight is 627 g/mol. The van der Waals surface area contributed by atoms with E-state index in [1.54, 1.807) is 0 Å². The van der Waals surface area contributed by atoms with E-state index in [0.29, 0.717) is 17.5 Å². The van der Waals surface area contributed by atoms with Crippen LogP contribution >= 0.6 is 0 Å². The first kappa shape index (κ1) is 27.8. The van der Waals surface area contributed by atoms with Gasteiger partial charge in [-0.1, -0.05) is 146 Å². The fourth-order valence-electron chi connectivity index (χ4n) is 8.46. The van der Waals surface area contributed by atoms with Gasteiger partial charge in [0.05, 0.1) is 5.41 Å². The minimum atomic E-state index is -0.369. The van der Waals surface area contributed by atoms with Gasteiger partial charge in [0.15, 0.2) is 17.5 Å². The third-order valence-electron chi connectivity index (χ3n) is 10.5.